The lowest BCUT2D eigenvalue weighted by molar-refractivity contribution is 1.02. The molecular formula is C114H70N8. The number of benzene rings is 20. The van der Waals surface area contributed by atoms with Gasteiger partial charge < -0.3 is 9.13 Å². The zero-order valence-electron chi connectivity index (χ0n) is 66.0. The first-order valence-electron chi connectivity index (χ1n) is 41.7. The molecule has 0 amide bonds. The molecule has 0 unspecified atom stereocenters. The number of fused-ring (bicyclic) bond motifs is 23. The molecular weight excluding hydrogens is 1480 g/mol. The molecule has 0 aliphatic heterocycles. The first-order valence-corrected chi connectivity index (χ1v) is 41.7. The minimum absolute atomic E-state index is 0.646. The zero-order chi connectivity index (χ0) is 80.0. The van der Waals surface area contributed by atoms with Crippen LogP contribution in [0.15, 0.2) is 425 Å². The van der Waals surface area contributed by atoms with Gasteiger partial charge in [0.05, 0.1) is 66.6 Å². The average molecular weight is 1550 g/mol. The maximum atomic E-state index is 5.52. The van der Waals surface area contributed by atoms with E-state index in [0.29, 0.717) is 11.9 Å². The van der Waals surface area contributed by atoms with E-state index in [1.165, 1.54) is 115 Å². The Kier molecular flexibility index (Phi) is 15.6. The van der Waals surface area contributed by atoms with E-state index in [4.69, 9.17) is 19.9 Å². The van der Waals surface area contributed by atoms with E-state index < -0.39 is 0 Å². The van der Waals surface area contributed by atoms with Crippen LogP contribution in [0.1, 0.15) is 0 Å². The SMILES string of the molecule is c1ccc(-c2cccc(-c3nc(-n4c5ccccc5c5cc(-c6cc7c(c8ccccc68)c6ccccc6n7-c6ccccc6)c6ccccc6c54)nc4ccccc34)c2)cc1.c1ccc(-n2c3ccccc3c3c4ccccc4c(-c4cc5c6ccccc6n(-c6nc(-c7ccc8ccccc8c7)c7ccccc7n6)c5c5ccccc45)cc32)cc1. The van der Waals surface area contributed by atoms with Crippen molar-refractivity contribution in [2.45, 2.75) is 0 Å². The van der Waals surface area contributed by atoms with Gasteiger partial charge in [-0.15, -0.1) is 0 Å². The molecule has 0 bridgehead atoms. The number of para-hydroxylation sites is 8. The van der Waals surface area contributed by atoms with Crippen molar-refractivity contribution in [1.29, 1.82) is 0 Å². The normalized spacial score (nSPS) is 11.9. The van der Waals surface area contributed by atoms with Crippen molar-refractivity contribution in [2.24, 2.45) is 0 Å². The number of hydrogen-bond donors (Lipinski definition) is 0. The second-order valence-corrected chi connectivity index (χ2v) is 31.8. The Morgan fingerprint density at radius 2 is 0.492 bits per heavy atom. The summed E-state index contributed by atoms with van der Waals surface area (Å²) in [6.45, 7) is 0. The van der Waals surface area contributed by atoms with Gasteiger partial charge in [0.1, 0.15) is 0 Å². The zero-order valence-corrected chi connectivity index (χ0v) is 66.0. The number of hydrogen-bond acceptors (Lipinski definition) is 4. The second kappa shape index (κ2) is 27.6. The van der Waals surface area contributed by atoms with Crippen LogP contribution in [0.2, 0.25) is 0 Å². The molecule has 0 fully saturated rings. The molecule has 566 valence electrons. The lowest BCUT2D eigenvalue weighted by Gasteiger charge is -2.16. The Balaban J connectivity index is 0.000000134. The molecule has 26 rings (SSSR count). The maximum absolute atomic E-state index is 5.52. The van der Waals surface area contributed by atoms with Crippen LogP contribution in [-0.4, -0.2) is 38.2 Å². The predicted molar refractivity (Wildman–Crippen MR) is 511 cm³/mol. The molecule has 8 heteroatoms. The van der Waals surface area contributed by atoms with Gasteiger partial charge in [-0.3, -0.25) is 9.13 Å². The van der Waals surface area contributed by atoms with Crippen LogP contribution in [0.4, 0.5) is 0 Å². The van der Waals surface area contributed by atoms with E-state index in [-0.39, 0.29) is 0 Å². The standard InChI is InChI=1S/C58H36N4.C56H34N4/c1-3-18-37(19-4-1)38-20-17-21-39(34-38)56-46-29-11-14-31-51(46)59-58(60-56)62-52-32-15-12-26-43(52)50-35-48(42-25-8-10-28-45(42)57(50)62)49-36-54-55(44-27-9-7-24-41(44)49)47-30-13-16-33-53(47)61(54)40-22-5-2-6-23-40;1-2-18-38(19-3-1)59-51-29-15-12-26-45(51)53-42-23-8-6-20-39(42)47(34-52(53)59)46-33-48-41-22-11-14-28-50(41)60(55(48)43-24-9-7-21-40(43)46)56-57-49-27-13-10-25-44(49)54(58-56)37-31-30-35-16-4-5-17-36(35)32-37/h1-36H;1-34H. The smallest absolute Gasteiger partial charge is 0.235 e. The molecule has 0 saturated heterocycles. The van der Waals surface area contributed by atoms with E-state index in [0.717, 1.165) is 116 Å². The molecule has 0 atom stereocenters. The Bertz CT molecular complexity index is 8840. The van der Waals surface area contributed by atoms with Gasteiger partial charge in [-0.05, 0) is 174 Å². The summed E-state index contributed by atoms with van der Waals surface area (Å²) >= 11 is 0. The summed E-state index contributed by atoms with van der Waals surface area (Å²) in [5.74, 6) is 1.30. The summed E-state index contributed by atoms with van der Waals surface area (Å²) in [5.41, 5.74) is 24.2. The summed E-state index contributed by atoms with van der Waals surface area (Å²) in [4.78, 5) is 21.7. The topological polar surface area (TPSA) is 71.3 Å². The van der Waals surface area contributed by atoms with Gasteiger partial charge in [0.25, 0.3) is 0 Å². The van der Waals surface area contributed by atoms with E-state index in [2.05, 4.69) is 443 Å². The minimum Gasteiger partial charge on any atom is -0.309 e. The number of rotatable bonds is 9. The molecule has 26 aromatic rings. The summed E-state index contributed by atoms with van der Waals surface area (Å²) in [5, 5.41) is 23.7. The second-order valence-electron chi connectivity index (χ2n) is 31.8. The fraction of sp³-hybridized carbons (Fsp3) is 0. The van der Waals surface area contributed by atoms with Gasteiger partial charge in [0.2, 0.25) is 11.9 Å². The van der Waals surface area contributed by atoms with Crippen LogP contribution in [-0.2, 0) is 0 Å². The van der Waals surface area contributed by atoms with E-state index in [1.807, 2.05) is 0 Å². The molecule has 8 nitrogen and oxygen atoms in total. The Hall–Kier alpha value is -16.4. The molecule has 122 heavy (non-hydrogen) atoms. The first-order chi connectivity index (χ1) is 60.6. The van der Waals surface area contributed by atoms with Crippen molar-refractivity contribution in [3.05, 3.63) is 425 Å². The van der Waals surface area contributed by atoms with Crippen molar-refractivity contribution >= 4 is 163 Å². The quantitative estimate of drug-likeness (QED) is 0.144. The first kappa shape index (κ1) is 68.8. The lowest BCUT2D eigenvalue weighted by Crippen LogP contribution is -2.04. The van der Waals surface area contributed by atoms with Crippen molar-refractivity contribution in [1.82, 2.24) is 38.2 Å². The Labute approximate surface area is 700 Å². The fourth-order valence-corrected chi connectivity index (χ4v) is 19.9. The van der Waals surface area contributed by atoms with Crippen LogP contribution in [0.3, 0.4) is 0 Å². The van der Waals surface area contributed by atoms with Crippen LogP contribution in [0, 0.1) is 0 Å². The highest BCUT2D eigenvalue weighted by Gasteiger charge is 2.28. The maximum Gasteiger partial charge on any atom is 0.235 e. The molecule has 0 saturated carbocycles. The van der Waals surface area contributed by atoms with Crippen molar-refractivity contribution in [3.63, 3.8) is 0 Å². The molecule has 6 heterocycles. The van der Waals surface area contributed by atoms with Crippen molar-refractivity contribution < 1.29 is 0 Å². The number of nitrogens with zero attached hydrogens (tertiary/aromatic N) is 8. The largest absolute Gasteiger partial charge is 0.309 e. The van der Waals surface area contributed by atoms with Gasteiger partial charge in [-0.2, -0.15) is 0 Å². The number of aromatic nitrogens is 8. The van der Waals surface area contributed by atoms with Crippen molar-refractivity contribution in [3.8, 4) is 79.2 Å². The van der Waals surface area contributed by atoms with Gasteiger partial charge >= 0.3 is 0 Å². The predicted octanol–water partition coefficient (Wildman–Crippen LogP) is 29.7. The third-order valence-electron chi connectivity index (χ3n) is 25.2. The van der Waals surface area contributed by atoms with E-state index >= 15 is 0 Å². The van der Waals surface area contributed by atoms with Crippen LogP contribution in [0.5, 0.6) is 0 Å². The van der Waals surface area contributed by atoms with E-state index in [9.17, 15) is 0 Å². The van der Waals surface area contributed by atoms with Gasteiger partial charge in [0.15, 0.2) is 0 Å². The molecule has 0 spiro atoms. The van der Waals surface area contributed by atoms with Crippen LogP contribution in [0.25, 0.3) is 242 Å². The summed E-state index contributed by atoms with van der Waals surface area (Å²) in [6, 6.07) is 153. The van der Waals surface area contributed by atoms with Gasteiger partial charge in [-0.1, -0.05) is 328 Å². The van der Waals surface area contributed by atoms with Crippen molar-refractivity contribution in [2.75, 3.05) is 0 Å². The highest BCUT2D eigenvalue weighted by atomic mass is 15.2. The van der Waals surface area contributed by atoms with Crippen LogP contribution < -0.4 is 0 Å². The van der Waals surface area contributed by atoms with Gasteiger partial charge in [-0.25, -0.2) is 19.9 Å². The van der Waals surface area contributed by atoms with Gasteiger partial charge in [0, 0.05) is 87.1 Å². The highest BCUT2D eigenvalue weighted by molar-refractivity contribution is 6.30. The molecule has 0 N–H and O–H groups in total. The van der Waals surface area contributed by atoms with Crippen LogP contribution >= 0.6 is 0 Å². The Morgan fingerprint density at radius 3 is 0.959 bits per heavy atom. The third-order valence-corrected chi connectivity index (χ3v) is 25.2. The summed E-state index contributed by atoms with van der Waals surface area (Å²) in [6.07, 6.45) is 0. The summed E-state index contributed by atoms with van der Waals surface area (Å²) in [7, 11) is 0. The average Bonchev–Trinajstić information content (AvgIpc) is 1.53. The molecule has 6 aromatic heterocycles. The lowest BCUT2D eigenvalue weighted by atomic mass is 9.90. The molecule has 0 aliphatic carbocycles. The monoisotopic (exact) mass is 1550 g/mol. The molecule has 20 aromatic carbocycles. The molecule has 0 radical (unpaired) electrons. The summed E-state index contributed by atoms with van der Waals surface area (Å²) < 4.78 is 9.44. The third kappa shape index (κ3) is 10.7. The fourth-order valence-electron chi connectivity index (χ4n) is 19.9. The highest BCUT2D eigenvalue weighted by Crippen LogP contribution is 2.50. The Morgan fingerprint density at radius 1 is 0.164 bits per heavy atom. The molecule has 0 aliphatic rings. The minimum atomic E-state index is 0.646. The van der Waals surface area contributed by atoms with E-state index in [1.54, 1.807) is 0 Å².